The first-order valence-electron chi connectivity index (χ1n) is 26.7. The van der Waals surface area contributed by atoms with E-state index in [0.29, 0.717) is 17.5 Å². The summed E-state index contributed by atoms with van der Waals surface area (Å²) >= 11 is 0. The van der Waals surface area contributed by atoms with Crippen molar-refractivity contribution in [2.75, 3.05) is 0 Å². The zero-order valence-corrected chi connectivity index (χ0v) is 43.8. The van der Waals surface area contributed by atoms with Crippen LogP contribution in [0.1, 0.15) is 0 Å². The predicted molar refractivity (Wildman–Crippen MR) is 329 cm³/mol. The number of benzene rings is 12. The molecule has 3 heterocycles. The fourth-order valence-electron chi connectivity index (χ4n) is 12.2. The van der Waals surface area contributed by atoms with E-state index in [0.717, 1.165) is 39.1 Å². The van der Waals surface area contributed by atoms with Crippen molar-refractivity contribution >= 4 is 88.8 Å². The van der Waals surface area contributed by atoms with Crippen molar-refractivity contribution < 1.29 is 0 Å². The maximum absolute atomic E-state index is 5.29. The zero-order valence-electron chi connectivity index (χ0n) is 42.8. The summed E-state index contributed by atoms with van der Waals surface area (Å²) in [6, 6.07) is 101. The van der Waals surface area contributed by atoms with Gasteiger partial charge in [0.05, 0.1) is 22.1 Å². The van der Waals surface area contributed by atoms with E-state index in [4.69, 9.17) is 15.0 Å². The Morgan fingerprint density at radius 1 is 0.282 bits per heavy atom. The Morgan fingerprint density at radius 2 is 0.756 bits per heavy atom. The van der Waals surface area contributed by atoms with Crippen LogP contribution in [0.5, 0.6) is 0 Å². The van der Waals surface area contributed by atoms with Crippen molar-refractivity contribution in [2.24, 2.45) is 0 Å². The number of para-hydroxylation sites is 2. The highest BCUT2D eigenvalue weighted by atomic mass is 28.3. The Morgan fingerprint density at radius 3 is 1.45 bits per heavy atom. The molecular formula is C72H49N5Si. The standard InChI is InChI=1S/C72H49N5Si/c1-78(56-28-10-4-11-29-56,57-30-12-5-13-31-57)58-32-20-25-53(43-58)72-74-70(48-21-6-2-7-22-48)73-71(75-72)49-37-40-55(41-38-49)76-66-42-39-52(45-63(66)64-44-50-23-14-15-24-51(50)46-67(64)76)62-47-68-69(60-34-17-16-33-59(60)62)61-35-18-19-36-65(61)77(68)54-26-8-3-9-27-54/h2-47H,1H3. The molecule has 15 rings (SSSR count). The number of aromatic nitrogens is 5. The number of hydrogen-bond donors (Lipinski definition) is 0. The average Bonchev–Trinajstić information content (AvgIpc) is 4.26. The van der Waals surface area contributed by atoms with Gasteiger partial charge in [-0.3, -0.25) is 0 Å². The normalized spacial score (nSPS) is 11.9. The molecule has 0 aliphatic carbocycles. The minimum absolute atomic E-state index is 0.621. The van der Waals surface area contributed by atoms with Gasteiger partial charge in [-0.15, -0.1) is 0 Å². The fourth-order valence-corrected chi connectivity index (χ4v) is 15.8. The predicted octanol–water partition coefficient (Wildman–Crippen LogP) is 16.1. The second kappa shape index (κ2) is 18.4. The average molecular weight is 1010 g/mol. The summed E-state index contributed by atoms with van der Waals surface area (Å²) in [5.74, 6) is 1.89. The number of nitrogens with zero attached hydrogens (tertiary/aromatic N) is 5. The molecule has 0 saturated heterocycles. The van der Waals surface area contributed by atoms with Crippen molar-refractivity contribution in [3.63, 3.8) is 0 Å². The van der Waals surface area contributed by atoms with Gasteiger partial charge in [0.1, 0.15) is 8.07 Å². The minimum Gasteiger partial charge on any atom is -0.309 e. The topological polar surface area (TPSA) is 48.5 Å². The van der Waals surface area contributed by atoms with Crippen LogP contribution in [0.25, 0.3) is 122 Å². The number of fused-ring (bicyclic) bond motifs is 9. The smallest absolute Gasteiger partial charge is 0.164 e. The molecule has 3 aromatic heterocycles. The summed E-state index contributed by atoms with van der Waals surface area (Å²) in [6.45, 7) is 2.44. The van der Waals surface area contributed by atoms with E-state index >= 15 is 0 Å². The van der Waals surface area contributed by atoms with Gasteiger partial charge < -0.3 is 9.13 Å². The molecule has 78 heavy (non-hydrogen) atoms. The number of hydrogen-bond acceptors (Lipinski definition) is 3. The second-order valence-electron chi connectivity index (χ2n) is 20.5. The largest absolute Gasteiger partial charge is 0.309 e. The van der Waals surface area contributed by atoms with Crippen LogP contribution in [-0.2, 0) is 0 Å². The van der Waals surface area contributed by atoms with Gasteiger partial charge in [0.25, 0.3) is 0 Å². The molecule has 0 amide bonds. The molecule has 0 saturated carbocycles. The van der Waals surface area contributed by atoms with E-state index in [1.165, 1.54) is 80.8 Å². The van der Waals surface area contributed by atoms with Gasteiger partial charge in [0.2, 0.25) is 0 Å². The minimum atomic E-state index is -2.42. The lowest BCUT2D eigenvalue weighted by Gasteiger charge is -2.29. The van der Waals surface area contributed by atoms with Gasteiger partial charge in [-0.25, -0.2) is 15.0 Å². The maximum atomic E-state index is 5.29. The van der Waals surface area contributed by atoms with Crippen molar-refractivity contribution in [1.29, 1.82) is 0 Å². The molecule has 0 aliphatic rings. The highest BCUT2D eigenvalue weighted by molar-refractivity contribution is 7.10. The highest BCUT2D eigenvalue weighted by Gasteiger charge is 2.34. The molecule has 12 aromatic carbocycles. The van der Waals surface area contributed by atoms with E-state index < -0.39 is 8.07 Å². The van der Waals surface area contributed by atoms with Crippen LogP contribution in [0, 0.1) is 0 Å². The summed E-state index contributed by atoms with van der Waals surface area (Å²) in [4.78, 5) is 15.7. The monoisotopic (exact) mass is 1010 g/mol. The Hall–Kier alpha value is -10.0. The first-order valence-corrected chi connectivity index (χ1v) is 29.2. The van der Waals surface area contributed by atoms with Crippen LogP contribution < -0.4 is 15.6 Å². The number of rotatable bonds is 9. The lowest BCUT2D eigenvalue weighted by atomic mass is 9.94. The molecule has 0 bridgehead atoms. The first kappa shape index (κ1) is 45.4. The SMILES string of the molecule is C[Si](c1ccccc1)(c1ccccc1)c1cccc(-c2nc(-c3ccccc3)nc(-c3ccc(-n4c5ccc(-c6cc7c(c8ccccc68)c6ccccc6n7-c6ccccc6)cc5c5cc6ccccc6cc54)cc3)n2)c1. The van der Waals surface area contributed by atoms with Crippen molar-refractivity contribution in [2.45, 2.75) is 6.55 Å². The van der Waals surface area contributed by atoms with Gasteiger partial charge >= 0.3 is 0 Å². The third-order valence-corrected chi connectivity index (χ3v) is 20.5. The van der Waals surface area contributed by atoms with Crippen LogP contribution in [0.15, 0.2) is 279 Å². The van der Waals surface area contributed by atoms with E-state index in [1.54, 1.807) is 0 Å². The van der Waals surface area contributed by atoms with Crippen molar-refractivity contribution in [1.82, 2.24) is 24.1 Å². The Labute approximate surface area is 452 Å². The van der Waals surface area contributed by atoms with Crippen LogP contribution in [0.2, 0.25) is 6.55 Å². The van der Waals surface area contributed by atoms with Crippen molar-refractivity contribution in [3.05, 3.63) is 279 Å². The van der Waals surface area contributed by atoms with Crippen LogP contribution in [0.4, 0.5) is 0 Å². The lowest BCUT2D eigenvalue weighted by molar-refractivity contribution is 1.07. The van der Waals surface area contributed by atoms with Gasteiger partial charge in [0.15, 0.2) is 17.5 Å². The molecule has 0 N–H and O–H groups in total. The van der Waals surface area contributed by atoms with E-state index in [-0.39, 0.29) is 0 Å². The Bertz CT molecular complexity index is 4740. The third-order valence-electron chi connectivity index (χ3n) is 16.1. The maximum Gasteiger partial charge on any atom is 0.164 e. The summed E-state index contributed by atoms with van der Waals surface area (Å²) in [6.07, 6.45) is 0. The van der Waals surface area contributed by atoms with Crippen LogP contribution in [-0.4, -0.2) is 32.2 Å². The second-order valence-corrected chi connectivity index (χ2v) is 24.5. The fraction of sp³-hybridized carbons (Fsp3) is 0.0139. The quantitative estimate of drug-likeness (QED) is 0.107. The summed E-state index contributed by atoms with van der Waals surface area (Å²) < 4.78 is 4.84. The molecule has 0 radical (unpaired) electrons. The molecule has 0 spiro atoms. The highest BCUT2D eigenvalue weighted by Crippen LogP contribution is 2.44. The summed E-state index contributed by atoms with van der Waals surface area (Å²) in [7, 11) is -2.42. The van der Waals surface area contributed by atoms with Gasteiger partial charge in [-0.1, -0.05) is 213 Å². The van der Waals surface area contributed by atoms with Gasteiger partial charge in [0, 0.05) is 49.6 Å². The zero-order chi connectivity index (χ0) is 51.7. The molecule has 0 unspecified atom stereocenters. The first-order chi connectivity index (χ1) is 38.5. The molecule has 0 aliphatic heterocycles. The molecule has 0 fully saturated rings. The lowest BCUT2D eigenvalue weighted by Crippen LogP contribution is -2.64. The van der Waals surface area contributed by atoms with Gasteiger partial charge in [-0.05, 0) is 121 Å². The summed E-state index contributed by atoms with van der Waals surface area (Å²) in [5, 5.41) is 13.8. The molecule has 15 aromatic rings. The van der Waals surface area contributed by atoms with Crippen molar-refractivity contribution in [3.8, 4) is 56.7 Å². The molecule has 366 valence electrons. The molecule has 0 atom stereocenters. The van der Waals surface area contributed by atoms with E-state index in [2.05, 4.69) is 277 Å². The molecular weight excluding hydrogens is 963 g/mol. The van der Waals surface area contributed by atoms with E-state index in [1.807, 2.05) is 18.2 Å². The third kappa shape index (κ3) is 7.41. The summed E-state index contributed by atoms with van der Waals surface area (Å²) in [5.41, 5.74) is 12.0. The van der Waals surface area contributed by atoms with E-state index in [9.17, 15) is 0 Å². The molecule has 6 heteroatoms. The molecule has 5 nitrogen and oxygen atoms in total. The van der Waals surface area contributed by atoms with Crippen LogP contribution >= 0.6 is 0 Å². The van der Waals surface area contributed by atoms with Crippen LogP contribution in [0.3, 0.4) is 0 Å². The van der Waals surface area contributed by atoms with Gasteiger partial charge in [-0.2, -0.15) is 0 Å². The Kier molecular flexibility index (Phi) is 10.7. The Balaban J connectivity index is 0.877.